The highest BCUT2D eigenvalue weighted by molar-refractivity contribution is 5.83. The van der Waals surface area contributed by atoms with Crippen molar-refractivity contribution < 1.29 is 19.1 Å². The molecule has 2 saturated heterocycles. The van der Waals surface area contributed by atoms with E-state index in [0.29, 0.717) is 19.7 Å². The highest BCUT2D eigenvalue weighted by Crippen LogP contribution is 2.32. The molecule has 0 aromatic rings. The average Bonchev–Trinajstić information content (AvgIpc) is 2.64. The van der Waals surface area contributed by atoms with Crippen molar-refractivity contribution in [3.05, 3.63) is 0 Å². The summed E-state index contributed by atoms with van der Waals surface area (Å²) in [6.45, 7) is 12.3. The minimum Gasteiger partial charge on any atom is -0.444 e. The van der Waals surface area contributed by atoms with E-state index in [1.807, 2.05) is 25.7 Å². The highest BCUT2D eigenvalue weighted by atomic mass is 16.6. The van der Waals surface area contributed by atoms with E-state index >= 15 is 0 Å². The minimum absolute atomic E-state index is 0.0493. The highest BCUT2D eigenvalue weighted by Gasteiger charge is 2.43. The molecule has 0 unspecified atom stereocenters. The third-order valence-corrected chi connectivity index (χ3v) is 7.16. The first-order chi connectivity index (χ1) is 14.5. The Balaban J connectivity index is 1.49. The Morgan fingerprint density at radius 3 is 2.29 bits per heavy atom. The molecule has 3 fully saturated rings. The van der Waals surface area contributed by atoms with Crippen LogP contribution >= 0.6 is 0 Å². The van der Waals surface area contributed by atoms with Crippen molar-refractivity contribution in [1.29, 1.82) is 0 Å². The van der Waals surface area contributed by atoms with Gasteiger partial charge in [0, 0.05) is 25.7 Å². The van der Waals surface area contributed by atoms with Gasteiger partial charge in [0.05, 0.1) is 24.7 Å². The van der Waals surface area contributed by atoms with Crippen molar-refractivity contribution in [2.75, 3.05) is 26.2 Å². The van der Waals surface area contributed by atoms with Crippen molar-refractivity contribution in [3.63, 3.8) is 0 Å². The Morgan fingerprint density at radius 1 is 1.06 bits per heavy atom. The largest absolute Gasteiger partial charge is 0.444 e. The van der Waals surface area contributed by atoms with E-state index in [-0.39, 0.29) is 36.1 Å². The Bertz CT molecular complexity index is 619. The van der Waals surface area contributed by atoms with Crippen LogP contribution in [0.1, 0.15) is 73.1 Å². The van der Waals surface area contributed by atoms with E-state index in [2.05, 4.69) is 13.8 Å². The van der Waals surface area contributed by atoms with Crippen molar-refractivity contribution in [2.24, 2.45) is 23.5 Å². The fourth-order valence-electron chi connectivity index (χ4n) is 5.08. The van der Waals surface area contributed by atoms with Gasteiger partial charge in [-0.3, -0.25) is 4.79 Å². The van der Waals surface area contributed by atoms with E-state index in [4.69, 9.17) is 15.2 Å². The molecule has 7 heteroatoms. The lowest BCUT2D eigenvalue weighted by Crippen LogP contribution is -2.63. The summed E-state index contributed by atoms with van der Waals surface area (Å²) in [7, 11) is 0. The van der Waals surface area contributed by atoms with Gasteiger partial charge in [-0.15, -0.1) is 0 Å². The van der Waals surface area contributed by atoms with Crippen LogP contribution in [0.15, 0.2) is 0 Å². The number of nitrogens with zero attached hydrogens (tertiary/aromatic N) is 2. The van der Waals surface area contributed by atoms with Gasteiger partial charge in [0.15, 0.2) is 0 Å². The molecule has 0 spiro atoms. The lowest BCUT2D eigenvalue weighted by Gasteiger charge is -2.46. The molecule has 2 aliphatic heterocycles. The van der Waals surface area contributed by atoms with E-state index in [9.17, 15) is 9.59 Å². The van der Waals surface area contributed by atoms with Gasteiger partial charge in [0.25, 0.3) is 0 Å². The normalized spacial score (nSPS) is 30.3. The first-order valence-corrected chi connectivity index (χ1v) is 12.2. The third kappa shape index (κ3) is 6.35. The number of rotatable bonds is 5. The van der Waals surface area contributed by atoms with Crippen LogP contribution < -0.4 is 5.73 Å². The van der Waals surface area contributed by atoms with Crippen LogP contribution in [0, 0.1) is 17.8 Å². The Morgan fingerprint density at radius 2 is 1.71 bits per heavy atom. The van der Waals surface area contributed by atoms with Gasteiger partial charge >= 0.3 is 6.09 Å². The molecule has 0 aromatic heterocycles. The first kappa shape index (κ1) is 24.3. The summed E-state index contributed by atoms with van der Waals surface area (Å²) in [4.78, 5) is 28.9. The zero-order valence-corrected chi connectivity index (χ0v) is 20.1. The number of hydrogen-bond acceptors (Lipinski definition) is 5. The molecule has 3 rings (SSSR count). The third-order valence-electron chi connectivity index (χ3n) is 7.16. The van der Waals surface area contributed by atoms with Crippen LogP contribution in [0.25, 0.3) is 0 Å². The molecular weight excluding hydrogens is 394 g/mol. The maximum atomic E-state index is 13.2. The van der Waals surface area contributed by atoms with Gasteiger partial charge < -0.3 is 25.0 Å². The Kier molecular flexibility index (Phi) is 7.90. The number of carbonyl (C=O) groups excluding carboxylic acids is 2. The summed E-state index contributed by atoms with van der Waals surface area (Å²) in [6.07, 6.45) is 6.45. The fourth-order valence-corrected chi connectivity index (χ4v) is 5.08. The van der Waals surface area contributed by atoms with Crippen LogP contribution in [0.3, 0.4) is 0 Å². The number of piperidine rings is 1. The SMILES string of the molecule is CC(C)[C@H]1CC[C@@H](OC[C@H]2[C@@H](N)CCCN2C(=O)C2CN(C(=O)OC(C)(C)C)C2)CC1. The number of nitrogens with two attached hydrogens (primary N) is 1. The zero-order chi connectivity index (χ0) is 22.8. The van der Waals surface area contributed by atoms with Crippen molar-refractivity contribution in [1.82, 2.24) is 9.80 Å². The van der Waals surface area contributed by atoms with Gasteiger partial charge in [-0.2, -0.15) is 0 Å². The second-order valence-electron chi connectivity index (χ2n) is 11.1. The number of likely N-dealkylation sites (tertiary alicyclic amines) is 2. The molecule has 2 heterocycles. The molecule has 2 amide bonds. The molecule has 7 nitrogen and oxygen atoms in total. The Hall–Kier alpha value is -1.34. The van der Waals surface area contributed by atoms with Gasteiger partial charge in [-0.1, -0.05) is 13.8 Å². The minimum atomic E-state index is -0.525. The monoisotopic (exact) mass is 437 g/mol. The molecule has 0 aromatic carbocycles. The van der Waals surface area contributed by atoms with Crippen LogP contribution in [0.2, 0.25) is 0 Å². The lowest BCUT2D eigenvalue weighted by atomic mass is 9.80. The quantitative estimate of drug-likeness (QED) is 0.712. The zero-order valence-electron chi connectivity index (χ0n) is 20.1. The lowest BCUT2D eigenvalue weighted by molar-refractivity contribution is -0.147. The van der Waals surface area contributed by atoms with Crippen molar-refractivity contribution in [3.8, 4) is 0 Å². The number of ether oxygens (including phenoxy) is 2. The number of carbonyl (C=O) groups is 2. The molecule has 2 N–H and O–H groups in total. The molecule has 3 aliphatic rings. The Labute approximate surface area is 188 Å². The number of amides is 2. The van der Waals surface area contributed by atoms with Crippen molar-refractivity contribution >= 4 is 12.0 Å². The summed E-state index contributed by atoms with van der Waals surface area (Å²) in [5.41, 5.74) is 5.91. The summed E-state index contributed by atoms with van der Waals surface area (Å²) in [5.74, 6) is 1.49. The molecule has 0 radical (unpaired) electrons. The molecule has 31 heavy (non-hydrogen) atoms. The van der Waals surface area contributed by atoms with Crippen LogP contribution in [-0.2, 0) is 14.3 Å². The maximum Gasteiger partial charge on any atom is 0.410 e. The van der Waals surface area contributed by atoms with Gasteiger partial charge in [-0.05, 0) is 71.1 Å². The molecule has 2 atom stereocenters. The van der Waals surface area contributed by atoms with Gasteiger partial charge in [-0.25, -0.2) is 4.79 Å². The standard InChI is InChI=1S/C24H43N3O4/c1-16(2)17-8-10-19(11-9-17)30-15-21-20(25)7-6-12-27(21)22(28)18-13-26(14-18)23(29)31-24(3,4)5/h16-21H,6-15,25H2,1-5H3/t17-,19+,20-,21-/m0/s1. The maximum absolute atomic E-state index is 13.2. The predicted molar refractivity (Wildman–Crippen MR) is 121 cm³/mol. The predicted octanol–water partition coefficient (Wildman–Crippen LogP) is 3.40. The van der Waals surface area contributed by atoms with Gasteiger partial charge in [0.2, 0.25) is 5.91 Å². The summed E-state index contributed by atoms with van der Waals surface area (Å²) in [6, 6.07) is -0.119. The van der Waals surface area contributed by atoms with E-state index in [1.54, 1.807) is 4.90 Å². The van der Waals surface area contributed by atoms with Crippen LogP contribution in [-0.4, -0.2) is 71.8 Å². The smallest absolute Gasteiger partial charge is 0.410 e. The summed E-state index contributed by atoms with van der Waals surface area (Å²) < 4.78 is 11.7. The molecule has 178 valence electrons. The second kappa shape index (κ2) is 10.1. The molecule has 1 aliphatic carbocycles. The molecule has 0 bridgehead atoms. The average molecular weight is 438 g/mol. The van der Waals surface area contributed by atoms with Gasteiger partial charge in [0.1, 0.15) is 5.60 Å². The summed E-state index contributed by atoms with van der Waals surface area (Å²) in [5, 5.41) is 0. The van der Waals surface area contributed by atoms with E-state index < -0.39 is 5.60 Å². The van der Waals surface area contributed by atoms with Crippen LogP contribution in [0.4, 0.5) is 4.79 Å². The van der Waals surface area contributed by atoms with Crippen molar-refractivity contribution in [2.45, 2.75) is 96.9 Å². The number of hydrogen-bond donors (Lipinski definition) is 1. The molecular formula is C24H43N3O4. The van der Waals surface area contributed by atoms with E-state index in [0.717, 1.165) is 44.1 Å². The van der Waals surface area contributed by atoms with E-state index in [1.165, 1.54) is 12.8 Å². The van der Waals surface area contributed by atoms with Crippen LogP contribution in [0.5, 0.6) is 0 Å². The molecule has 1 saturated carbocycles. The second-order valence-corrected chi connectivity index (χ2v) is 11.1. The topological polar surface area (TPSA) is 85.1 Å². The first-order valence-electron chi connectivity index (χ1n) is 12.2. The summed E-state index contributed by atoms with van der Waals surface area (Å²) >= 11 is 0. The fraction of sp³-hybridized carbons (Fsp3) is 0.917.